The first-order valence-corrected chi connectivity index (χ1v) is 5.53. The number of aryl methyl sites for hydroxylation is 1. The summed E-state index contributed by atoms with van der Waals surface area (Å²) in [6.45, 7) is 3.47. The highest BCUT2D eigenvalue weighted by molar-refractivity contribution is 4.95. The molecule has 0 aromatic carbocycles. The molecule has 84 valence electrons. The summed E-state index contributed by atoms with van der Waals surface area (Å²) in [4.78, 5) is 4.21. The fourth-order valence-corrected chi connectivity index (χ4v) is 1.74. The molecule has 0 aliphatic heterocycles. The van der Waals surface area contributed by atoms with Gasteiger partial charge in [-0.25, -0.2) is 0 Å². The van der Waals surface area contributed by atoms with E-state index in [1.54, 1.807) is 0 Å². The lowest BCUT2D eigenvalue weighted by Gasteiger charge is -2.38. The molecule has 1 aromatic rings. The van der Waals surface area contributed by atoms with Gasteiger partial charge in [-0.3, -0.25) is 0 Å². The van der Waals surface area contributed by atoms with Crippen LogP contribution >= 0.6 is 0 Å². The lowest BCUT2D eigenvalue weighted by Crippen LogP contribution is -2.53. The molecule has 0 bridgehead atoms. The average Bonchev–Trinajstić information content (AvgIpc) is 2.63. The van der Waals surface area contributed by atoms with Crippen LogP contribution in [0.25, 0.3) is 0 Å². The van der Waals surface area contributed by atoms with E-state index in [1.807, 2.05) is 6.92 Å². The number of nitrogens with one attached hydrogen (secondary N) is 1. The van der Waals surface area contributed by atoms with Gasteiger partial charge in [-0.1, -0.05) is 12.1 Å². The zero-order valence-corrected chi connectivity index (χ0v) is 9.12. The summed E-state index contributed by atoms with van der Waals surface area (Å²) < 4.78 is 5.00. The van der Waals surface area contributed by atoms with Crippen LogP contribution < -0.4 is 11.1 Å². The van der Waals surface area contributed by atoms with Gasteiger partial charge in [-0.15, -0.1) is 0 Å². The first kappa shape index (κ1) is 10.6. The van der Waals surface area contributed by atoms with Crippen LogP contribution in [0, 0.1) is 0 Å². The first-order valence-electron chi connectivity index (χ1n) is 5.53. The van der Waals surface area contributed by atoms with Crippen molar-refractivity contribution in [2.75, 3.05) is 6.54 Å². The third-order valence-electron chi connectivity index (χ3n) is 2.92. The quantitative estimate of drug-likeness (QED) is 0.744. The maximum absolute atomic E-state index is 6.07. The largest absolute Gasteiger partial charge is 0.339 e. The zero-order valence-electron chi connectivity index (χ0n) is 9.12. The molecule has 0 unspecified atom stereocenters. The summed E-state index contributed by atoms with van der Waals surface area (Å²) in [6, 6.07) is 0. The van der Waals surface area contributed by atoms with Crippen molar-refractivity contribution in [1.29, 1.82) is 0 Å². The first-order chi connectivity index (χ1) is 7.22. The third-order valence-corrected chi connectivity index (χ3v) is 2.92. The van der Waals surface area contributed by atoms with Gasteiger partial charge in [0.25, 0.3) is 0 Å². The van der Waals surface area contributed by atoms with E-state index in [4.69, 9.17) is 10.3 Å². The maximum Gasteiger partial charge on any atom is 0.226 e. The van der Waals surface area contributed by atoms with Crippen LogP contribution in [0.5, 0.6) is 0 Å². The molecular formula is C10H18N4O. The smallest absolute Gasteiger partial charge is 0.226 e. The number of rotatable bonds is 5. The number of hydrogen-bond acceptors (Lipinski definition) is 5. The van der Waals surface area contributed by atoms with Crippen LogP contribution in [0.15, 0.2) is 4.52 Å². The maximum atomic E-state index is 6.07. The predicted molar refractivity (Wildman–Crippen MR) is 56.2 cm³/mol. The molecular weight excluding hydrogens is 192 g/mol. The summed E-state index contributed by atoms with van der Waals surface area (Å²) in [6.07, 6.45) is 4.27. The molecule has 5 nitrogen and oxygen atoms in total. The Kier molecular flexibility index (Phi) is 3.02. The van der Waals surface area contributed by atoms with E-state index in [1.165, 1.54) is 6.42 Å². The van der Waals surface area contributed by atoms with Gasteiger partial charge in [0.2, 0.25) is 5.89 Å². The van der Waals surface area contributed by atoms with E-state index in [0.29, 0.717) is 12.4 Å². The molecule has 0 atom stereocenters. The number of nitrogens with two attached hydrogens (primary N) is 1. The fraction of sp³-hybridized carbons (Fsp3) is 0.800. The van der Waals surface area contributed by atoms with Crippen molar-refractivity contribution in [2.45, 2.75) is 44.7 Å². The molecule has 1 heterocycles. The summed E-state index contributed by atoms with van der Waals surface area (Å²) in [5.74, 6) is 1.41. The highest BCUT2D eigenvalue weighted by Gasteiger charge is 2.31. The van der Waals surface area contributed by atoms with Crippen LogP contribution in [0.4, 0.5) is 0 Å². The molecule has 1 saturated carbocycles. The Labute approximate surface area is 89.4 Å². The van der Waals surface area contributed by atoms with Crippen LogP contribution in [0.1, 0.15) is 37.9 Å². The monoisotopic (exact) mass is 210 g/mol. The lowest BCUT2D eigenvalue weighted by molar-refractivity contribution is 0.238. The molecule has 0 saturated heterocycles. The van der Waals surface area contributed by atoms with Gasteiger partial charge in [0.15, 0.2) is 5.82 Å². The van der Waals surface area contributed by atoms with Gasteiger partial charge in [-0.2, -0.15) is 4.98 Å². The Morgan fingerprint density at radius 1 is 1.53 bits per heavy atom. The summed E-state index contributed by atoms with van der Waals surface area (Å²) in [7, 11) is 0. The van der Waals surface area contributed by atoms with Crippen molar-refractivity contribution in [3.8, 4) is 0 Å². The van der Waals surface area contributed by atoms with Gasteiger partial charge in [0.1, 0.15) is 0 Å². The Morgan fingerprint density at radius 2 is 2.33 bits per heavy atom. The highest BCUT2D eigenvalue weighted by Crippen LogP contribution is 2.27. The van der Waals surface area contributed by atoms with E-state index in [-0.39, 0.29) is 5.54 Å². The Bertz CT molecular complexity index is 319. The van der Waals surface area contributed by atoms with Gasteiger partial charge in [0.05, 0.1) is 6.54 Å². The minimum Gasteiger partial charge on any atom is -0.339 e. The third kappa shape index (κ3) is 2.54. The van der Waals surface area contributed by atoms with Crippen molar-refractivity contribution >= 4 is 0 Å². The Morgan fingerprint density at radius 3 is 2.87 bits per heavy atom. The number of nitrogens with zero attached hydrogens (tertiary/aromatic N) is 2. The van der Waals surface area contributed by atoms with Crippen molar-refractivity contribution in [1.82, 2.24) is 15.5 Å². The van der Waals surface area contributed by atoms with E-state index < -0.39 is 0 Å². The number of aromatic nitrogens is 2. The summed E-state index contributed by atoms with van der Waals surface area (Å²) in [5.41, 5.74) is 6.08. The number of hydrogen-bond donors (Lipinski definition) is 2. The Balaban J connectivity index is 1.73. The highest BCUT2D eigenvalue weighted by atomic mass is 16.5. The minimum absolute atomic E-state index is 0.0112. The van der Waals surface area contributed by atoms with Crippen molar-refractivity contribution in [3.63, 3.8) is 0 Å². The van der Waals surface area contributed by atoms with Crippen molar-refractivity contribution in [2.24, 2.45) is 5.73 Å². The molecule has 3 N–H and O–H groups in total. The van der Waals surface area contributed by atoms with Crippen LogP contribution in [-0.2, 0) is 13.0 Å². The van der Waals surface area contributed by atoms with E-state index >= 15 is 0 Å². The van der Waals surface area contributed by atoms with Crippen molar-refractivity contribution in [3.05, 3.63) is 11.7 Å². The normalized spacial score (nSPS) is 18.8. The molecule has 5 heteroatoms. The topological polar surface area (TPSA) is 77.0 Å². The lowest BCUT2D eigenvalue weighted by atomic mass is 9.78. The molecule has 1 aromatic heterocycles. The van der Waals surface area contributed by atoms with Crippen LogP contribution in [0.3, 0.4) is 0 Å². The molecule has 0 radical (unpaired) electrons. The van der Waals surface area contributed by atoms with E-state index in [9.17, 15) is 0 Å². The fourth-order valence-electron chi connectivity index (χ4n) is 1.74. The second-order valence-electron chi connectivity index (χ2n) is 4.28. The molecule has 0 amide bonds. The molecule has 1 aliphatic rings. The average molecular weight is 210 g/mol. The van der Waals surface area contributed by atoms with Crippen LogP contribution in [0.2, 0.25) is 0 Å². The van der Waals surface area contributed by atoms with Gasteiger partial charge < -0.3 is 15.6 Å². The molecule has 0 spiro atoms. The standard InChI is InChI=1S/C10H18N4O/c1-2-9-13-8(14-15-9)6-12-7-10(11)4-3-5-10/h12H,2-7,11H2,1H3. The van der Waals surface area contributed by atoms with E-state index in [2.05, 4.69) is 15.5 Å². The molecule has 1 aliphatic carbocycles. The minimum atomic E-state index is 0.0112. The zero-order chi connectivity index (χ0) is 10.7. The Hall–Kier alpha value is -0.940. The van der Waals surface area contributed by atoms with Crippen LogP contribution in [-0.4, -0.2) is 22.2 Å². The van der Waals surface area contributed by atoms with Crippen molar-refractivity contribution < 1.29 is 4.52 Å². The molecule has 1 fully saturated rings. The summed E-state index contributed by atoms with van der Waals surface area (Å²) in [5, 5.41) is 7.13. The predicted octanol–water partition coefficient (Wildman–Crippen LogP) is 0.603. The summed E-state index contributed by atoms with van der Waals surface area (Å²) >= 11 is 0. The molecule has 15 heavy (non-hydrogen) atoms. The van der Waals surface area contributed by atoms with Gasteiger partial charge in [-0.05, 0) is 19.3 Å². The molecule has 2 rings (SSSR count). The van der Waals surface area contributed by atoms with Gasteiger partial charge in [0, 0.05) is 18.5 Å². The SMILES string of the molecule is CCc1nc(CNCC2(N)CCC2)no1. The van der Waals surface area contributed by atoms with E-state index in [0.717, 1.165) is 31.6 Å². The van der Waals surface area contributed by atoms with Gasteiger partial charge >= 0.3 is 0 Å². The second kappa shape index (κ2) is 4.28. The second-order valence-corrected chi connectivity index (χ2v) is 4.28.